The summed E-state index contributed by atoms with van der Waals surface area (Å²) in [7, 11) is 2.01. The molecule has 0 fully saturated rings. The Balaban J connectivity index is 2.49. The smallest absolute Gasteiger partial charge is 0.0595 e. The van der Waals surface area contributed by atoms with Gasteiger partial charge >= 0.3 is 0 Å². The fourth-order valence-electron chi connectivity index (χ4n) is 1.91. The van der Waals surface area contributed by atoms with Crippen LogP contribution in [-0.4, -0.2) is 7.05 Å². The van der Waals surface area contributed by atoms with E-state index in [9.17, 15) is 0 Å². The van der Waals surface area contributed by atoms with E-state index in [0.29, 0.717) is 0 Å². The molecule has 0 saturated heterocycles. The summed E-state index contributed by atoms with van der Waals surface area (Å²) in [6.45, 7) is 2.18. The predicted octanol–water partition coefficient (Wildman–Crippen LogP) is 4.73. The Morgan fingerprint density at radius 2 is 2.06 bits per heavy atom. The van der Waals surface area contributed by atoms with Crippen LogP contribution in [0.1, 0.15) is 22.0 Å². The summed E-state index contributed by atoms with van der Waals surface area (Å²) in [4.78, 5) is 1.38. The zero-order chi connectivity index (χ0) is 12.4. The molecule has 0 saturated carbocycles. The van der Waals surface area contributed by atoms with Crippen LogP contribution >= 0.6 is 49.9 Å². The predicted molar refractivity (Wildman–Crippen MR) is 86.8 cm³/mol. The molecular weight excluding hydrogens is 409 g/mol. The van der Waals surface area contributed by atoms with Crippen molar-refractivity contribution in [3.8, 4) is 0 Å². The molecule has 0 aliphatic heterocycles. The molecule has 0 amide bonds. The third kappa shape index (κ3) is 2.92. The molecule has 2 aromatic rings. The minimum atomic E-state index is 0.269. The van der Waals surface area contributed by atoms with Crippen LogP contribution in [0.15, 0.2) is 34.1 Å². The zero-order valence-corrected chi connectivity index (χ0v) is 14.2. The van der Waals surface area contributed by atoms with Gasteiger partial charge in [0, 0.05) is 12.9 Å². The van der Waals surface area contributed by atoms with E-state index in [1.807, 2.05) is 7.05 Å². The molecule has 1 N–H and O–H groups in total. The van der Waals surface area contributed by atoms with E-state index in [-0.39, 0.29) is 6.04 Å². The van der Waals surface area contributed by atoms with Gasteiger partial charge in [0.25, 0.3) is 0 Å². The van der Waals surface area contributed by atoms with Gasteiger partial charge in [-0.2, -0.15) is 0 Å². The number of hydrogen-bond acceptors (Lipinski definition) is 2. The van der Waals surface area contributed by atoms with E-state index in [1.165, 1.54) is 19.6 Å². The number of thiophene rings is 1. The monoisotopic (exact) mass is 421 g/mol. The first-order valence-electron chi connectivity index (χ1n) is 5.29. The van der Waals surface area contributed by atoms with Crippen molar-refractivity contribution >= 4 is 49.9 Å². The minimum absolute atomic E-state index is 0.269. The van der Waals surface area contributed by atoms with Crippen LogP contribution in [0, 0.1) is 10.5 Å². The summed E-state index contributed by atoms with van der Waals surface area (Å²) in [6.07, 6.45) is 0. The topological polar surface area (TPSA) is 12.0 Å². The molecule has 0 aliphatic carbocycles. The van der Waals surface area contributed by atoms with Gasteiger partial charge in [-0.15, -0.1) is 11.3 Å². The van der Waals surface area contributed by atoms with Gasteiger partial charge in [-0.3, -0.25) is 0 Å². The summed E-state index contributed by atoms with van der Waals surface area (Å²) in [6, 6.07) is 8.90. The summed E-state index contributed by atoms with van der Waals surface area (Å²) in [5.41, 5.74) is 2.69. The molecule has 1 unspecified atom stereocenters. The van der Waals surface area contributed by atoms with Gasteiger partial charge in [-0.05, 0) is 77.3 Å². The Bertz CT molecular complexity index is 524. The molecule has 0 aliphatic rings. The van der Waals surface area contributed by atoms with Crippen molar-refractivity contribution in [3.05, 3.63) is 53.7 Å². The Kier molecular flexibility index (Phi) is 4.63. The molecule has 1 nitrogen and oxygen atoms in total. The Morgan fingerprint density at radius 1 is 1.29 bits per heavy atom. The maximum atomic E-state index is 3.55. The van der Waals surface area contributed by atoms with Crippen LogP contribution in [0.5, 0.6) is 0 Å². The number of nitrogens with one attached hydrogen (secondary N) is 1. The molecule has 17 heavy (non-hydrogen) atoms. The van der Waals surface area contributed by atoms with Crippen molar-refractivity contribution in [2.24, 2.45) is 0 Å². The first kappa shape index (κ1) is 13.5. The second-order valence-electron chi connectivity index (χ2n) is 3.82. The van der Waals surface area contributed by atoms with E-state index >= 15 is 0 Å². The van der Waals surface area contributed by atoms with E-state index < -0.39 is 0 Å². The number of hydrogen-bond donors (Lipinski definition) is 1. The van der Waals surface area contributed by atoms with E-state index in [1.54, 1.807) is 11.3 Å². The highest BCUT2D eigenvalue weighted by Gasteiger charge is 2.17. The summed E-state index contributed by atoms with van der Waals surface area (Å²) >= 11 is 7.74. The Hall–Kier alpha value is 0.0900. The Labute approximate surface area is 128 Å². The first-order valence-corrected chi connectivity index (χ1v) is 8.05. The van der Waals surface area contributed by atoms with Crippen LogP contribution in [0.4, 0.5) is 0 Å². The molecule has 1 heterocycles. The third-order valence-electron chi connectivity index (χ3n) is 2.77. The molecule has 0 spiro atoms. The van der Waals surface area contributed by atoms with Gasteiger partial charge in [-0.1, -0.05) is 15.9 Å². The molecule has 2 rings (SSSR count). The summed E-state index contributed by atoms with van der Waals surface area (Å²) in [5.74, 6) is 0. The molecule has 0 bridgehead atoms. The molecule has 1 atom stereocenters. The minimum Gasteiger partial charge on any atom is -0.309 e. The van der Waals surface area contributed by atoms with E-state index in [0.717, 1.165) is 4.47 Å². The van der Waals surface area contributed by atoms with Crippen LogP contribution in [0.3, 0.4) is 0 Å². The van der Waals surface area contributed by atoms with Crippen molar-refractivity contribution in [1.29, 1.82) is 0 Å². The molecule has 4 heteroatoms. The number of benzene rings is 1. The molecule has 1 aromatic carbocycles. The summed E-state index contributed by atoms with van der Waals surface area (Å²) in [5, 5.41) is 5.56. The average Bonchev–Trinajstić information content (AvgIpc) is 2.71. The highest BCUT2D eigenvalue weighted by molar-refractivity contribution is 14.1. The van der Waals surface area contributed by atoms with Crippen LogP contribution in [0.25, 0.3) is 0 Å². The van der Waals surface area contributed by atoms with Gasteiger partial charge in [-0.25, -0.2) is 0 Å². The fraction of sp³-hybridized carbons (Fsp3) is 0.231. The van der Waals surface area contributed by atoms with Gasteiger partial charge in [0.15, 0.2) is 0 Å². The van der Waals surface area contributed by atoms with Gasteiger partial charge in [0.1, 0.15) is 0 Å². The van der Waals surface area contributed by atoms with Gasteiger partial charge in [0.2, 0.25) is 0 Å². The SMILES string of the molecule is CNC(c1cc(Br)ccc1I)c1ccsc1C. The highest BCUT2D eigenvalue weighted by Crippen LogP contribution is 2.32. The molecular formula is C13H13BrINS. The van der Waals surface area contributed by atoms with Crippen LogP contribution in [-0.2, 0) is 0 Å². The van der Waals surface area contributed by atoms with Crippen molar-refractivity contribution < 1.29 is 0 Å². The van der Waals surface area contributed by atoms with Crippen molar-refractivity contribution in [2.45, 2.75) is 13.0 Å². The standard InChI is InChI=1S/C13H13BrINS/c1-8-10(5-6-17-8)13(16-2)11-7-9(14)3-4-12(11)15/h3-7,13,16H,1-2H3. The Morgan fingerprint density at radius 3 is 2.65 bits per heavy atom. The van der Waals surface area contributed by atoms with Gasteiger partial charge < -0.3 is 5.32 Å². The second kappa shape index (κ2) is 5.82. The summed E-state index contributed by atoms with van der Waals surface area (Å²) < 4.78 is 2.41. The lowest BCUT2D eigenvalue weighted by atomic mass is 10.00. The fourth-order valence-corrected chi connectivity index (χ4v) is 3.68. The lowest BCUT2D eigenvalue weighted by molar-refractivity contribution is 0.687. The largest absolute Gasteiger partial charge is 0.309 e. The third-order valence-corrected chi connectivity index (χ3v) is 5.10. The molecule has 90 valence electrons. The maximum absolute atomic E-state index is 3.55. The molecule has 0 radical (unpaired) electrons. The van der Waals surface area contributed by atoms with Crippen molar-refractivity contribution in [2.75, 3.05) is 7.05 Å². The average molecular weight is 422 g/mol. The van der Waals surface area contributed by atoms with Crippen LogP contribution in [0.2, 0.25) is 0 Å². The van der Waals surface area contributed by atoms with E-state index in [2.05, 4.69) is 80.4 Å². The second-order valence-corrected chi connectivity index (χ2v) is 7.02. The first-order chi connectivity index (χ1) is 8.13. The van der Waals surface area contributed by atoms with E-state index in [4.69, 9.17) is 0 Å². The van der Waals surface area contributed by atoms with Crippen LogP contribution < -0.4 is 5.32 Å². The normalized spacial score (nSPS) is 12.7. The number of rotatable bonds is 3. The number of aryl methyl sites for hydroxylation is 1. The quantitative estimate of drug-likeness (QED) is 0.706. The highest BCUT2D eigenvalue weighted by atomic mass is 127. The zero-order valence-electron chi connectivity index (χ0n) is 9.63. The maximum Gasteiger partial charge on any atom is 0.0595 e. The molecule has 1 aromatic heterocycles. The van der Waals surface area contributed by atoms with Crippen molar-refractivity contribution in [3.63, 3.8) is 0 Å². The van der Waals surface area contributed by atoms with Gasteiger partial charge in [0.05, 0.1) is 6.04 Å². The van der Waals surface area contributed by atoms with Crippen molar-refractivity contribution in [1.82, 2.24) is 5.32 Å². The number of halogens is 2. The lowest BCUT2D eigenvalue weighted by Gasteiger charge is -2.18. The lowest BCUT2D eigenvalue weighted by Crippen LogP contribution is -2.18.